The Hall–Kier alpha value is -2.41. The number of hydrogen-bond donors (Lipinski definition) is 2. The molecule has 0 aromatic heterocycles. The van der Waals surface area contributed by atoms with Crippen molar-refractivity contribution in [3.8, 4) is 0 Å². The summed E-state index contributed by atoms with van der Waals surface area (Å²) >= 11 is 0. The first-order valence-electron chi connectivity index (χ1n) is 6.65. The summed E-state index contributed by atoms with van der Waals surface area (Å²) in [6, 6.07) is 6.98. The van der Waals surface area contributed by atoms with E-state index in [0.29, 0.717) is 24.2 Å². The molecule has 2 amide bonds. The number of para-hydroxylation sites is 2. The van der Waals surface area contributed by atoms with Crippen LogP contribution in [0.2, 0.25) is 0 Å². The van der Waals surface area contributed by atoms with Gasteiger partial charge in [0.25, 0.3) is 5.91 Å². The van der Waals surface area contributed by atoms with Gasteiger partial charge in [-0.3, -0.25) is 14.5 Å². The van der Waals surface area contributed by atoms with Gasteiger partial charge in [-0.25, -0.2) is 4.79 Å². The minimum absolute atomic E-state index is 0.0898. The number of fused-ring (bicyclic) bond motifs is 1. The van der Waals surface area contributed by atoms with Crippen LogP contribution in [0, 0.1) is 0 Å². The van der Waals surface area contributed by atoms with E-state index in [2.05, 4.69) is 5.32 Å². The molecule has 1 fully saturated rings. The molecule has 21 heavy (non-hydrogen) atoms. The molecule has 0 aliphatic carbocycles. The second kappa shape index (κ2) is 5.17. The number of carboxylic acid groups (broad SMARTS) is 1. The lowest BCUT2D eigenvalue weighted by atomic mass is 10.1. The van der Waals surface area contributed by atoms with E-state index in [1.54, 1.807) is 24.3 Å². The van der Waals surface area contributed by atoms with Crippen molar-refractivity contribution in [2.75, 3.05) is 16.8 Å². The lowest BCUT2D eigenvalue weighted by molar-refractivity contribution is -0.151. The van der Waals surface area contributed by atoms with Crippen LogP contribution in [0.25, 0.3) is 0 Å². The van der Waals surface area contributed by atoms with Crippen molar-refractivity contribution in [2.24, 2.45) is 0 Å². The molecule has 2 atom stereocenters. The molecule has 1 aromatic carbocycles. The number of nitrogens with zero attached hydrogens (tertiary/aromatic N) is 1. The summed E-state index contributed by atoms with van der Waals surface area (Å²) in [5.41, 5.74) is 1.17. The van der Waals surface area contributed by atoms with Crippen molar-refractivity contribution in [3.05, 3.63) is 24.3 Å². The smallest absolute Gasteiger partial charge is 0.332 e. The summed E-state index contributed by atoms with van der Waals surface area (Å²) in [5, 5.41) is 11.6. The molecule has 7 heteroatoms. The van der Waals surface area contributed by atoms with E-state index in [9.17, 15) is 14.4 Å². The Kier molecular flexibility index (Phi) is 3.34. The standard InChI is InChI=1S/C14H14N2O5/c17-12-7-16(9-4-2-1-3-8(9)15-12)13(18)10-5-6-11(21-10)14(19)20/h1-4,10-11H,5-7H2,(H,15,17)(H,19,20). The summed E-state index contributed by atoms with van der Waals surface area (Å²) in [6.45, 7) is -0.0898. The van der Waals surface area contributed by atoms with E-state index in [-0.39, 0.29) is 18.4 Å². The molecule has 0 saturated carbocycles. The van der Waals surface area contributed by atoms with Crippen LogP contribution in [-0.2, 0) is 19.1 Å². The average Bonchev–Trinajstić information content (AvgIpc) is 2.95. The van der Waals surface area contributed by atoms with Crippen LogP contribution in [0.4, 0.5) is 11.4 Å². The number of ether oxygens (including phenoxy) is 1. The quantitative estimate of drug-likeness (QED) is 0.831. The van der Waals surface area contributed by atoms with Gasteiger partial charge in [0.2, 0.25) is 5.91 Å². The van der Waals surface area contributed by atoms with Crippen molar-refractivity contribution in [1.29, 1.82) is 0 Å². The van der Waals surface area contributed by atoms with Crippen molar-refractivity contribution in [3.63, 3.8) is 0 Å². The first-order valence-corrected chi connectivity index (χ1v) is 6.65. The number of nitrogens with one attached hydrogen (secondary N) is 1. The Morgan fingerprint density at radius 1 is 1.24 bits per heavy atom. The SMILES string of the molecule is O=C1CN(C(=O)C2CCC(C(=O)O)O2)c2ccccc2N1. The Balaban J connectivity index is 1.82. The molecular formula is C14H14N2O5. The zero-order valence-electron chi connectivity index (χ0n) is 11.1. The van der Waals surface area contributed by atoms with Crippen LogP contribution in [-0.4, -0.2) is 41.6 Å². The number of amides is 2. The molecule has 0 radical (unpaired) electrons. The van der Waals surface area contributed by atoms with Gasteiger partial charge in [-0.1, -0.05) is 12.1 Å². The number of rotatable bonds is 2. The molecule has 0 spiro atoms. The van der Waals surface area contributed by atoms with Crippen molar-refractivity contribution >= 4 is 29.2 Å². The average molecular weight is 290 g/mol. The fourth-order valence-electron chi connectivity index (χ4n) is 2.60. The normalized spacial score (nSPS) is 24.4. The number of carbonyl (C=O) groups is 3. The number of anilines is 2. The van der Waals surface area contributed by atoms with Crippen molar-refractivity contribution in [2.45, 2.75) is 25.0 Å². The van der Waals surface area contributed by atoms with Crippen molar-refractivity contribution in [1.82, 2.24) is 0 Å². The second-order valence-corrected chi connectivity index (χ2v) is 5.02. The van der Waals surface area contributed by atoms with Crippen LogP contribution in [0.3, 0.4) is 0 Å². The van der Waals surface area contributed by atoms with Gasteiger partial charge in [0.05, 0.1) is 11.4 Å². The molecular weight excluding hydrogens is 276 g/mol. The third-order valence-corrected chi connectivity index (χ3v) is 3.61. The first kappa shape index (κ1) is 13.6. The topological polar surface area (TPSA) is 95.9 Å². The third kappa shape index (κ3) is 2.47. The minimum Gasteiger partial charge on any atom is -0.479 e. The molecule has 2 unspecified atom stereocenters. The Morgan fingerprint density at radius 3 is 2.67 bits per heavy atom. The van der Waals surface area contributed by atoms with E-state index in [0.717, 1.165) is 0 Å². The Labute approximate surface area is 120 Å². The predicted octanol–water partition coefficient (Wildman–Crippen LogP) is 0.604. The maximum Gasteiger partial charge on any atom is 0.332 e. The molecule has 2 aliphatic heterocycles. The molecule has 1 saturated heterocycles. The Bertz CT molecular complexity index is 615. The molecule has 0 bridgehead atoms. The summed E-state index contributed by atoms with van der Waals surface area (Å²) in [4.78, 5) is 36.4. The van der Waals surface area contributed by atoms with Gasteiger partial charge >= 0.3 is 5.97 Å². The highest BCUT2D eigenvalue weighted by molar-refractivity contribution is 6.11. The number of benzene rings is 1. The minimum atomic E-state index is -1.07. The maximum absolute atomic E-state index is 12.5. The molecule has 2 aliphatic rings. The molecule has 2 heterocycles. The summed E-state index contributed by atoms with van der Waals surface area (Å²) in [5.74, 6) is -1.72. The highest BCUT2D eigenvalue weighted by Crippen LogP contribution is 2.31. The Morgan fingerprint density at radius 2 is 1.95 bits per heavy atom. The van der Waals surface area contributed by atoms with Crippen molar-refractivity contribution < 1.29 is 24.2 Å². The highest BCUT2D eigenvalue weighted by Gasteiger charge is 2.39. The van der Waals surface area contributed by atoms with Crippen LogP contribution in [0.5, 0.6) is 0 Å². The van der Waals surface area contributed by atoms with E-state index in [4.69, 9.17) is 9.84 Å². The van der Waals surface area contributed by atoms with E-state index >= 15 is 0 Å². The van der Waals surface area contributed by atoms with Crippen LogP contribution < -0.4 is 10.2 Å². The largest absolute Gasteiger partial charge is 0.479 e. The summed E-state index contributed by atoms with van der Waals surface area (Å²) in [6.07, 6.45) is -1.12. The van der Waals surface area contributed by atoms with Crippen LogP contribution in [0.1, 0.15) is 12.8 Å². The van der Waals surface area contributed by atoms with Crippen LogP contribution >= 0.6 is 0 Å². The number of carbonyl (C=O) groups excluding carboxylic acids is 2. The summed E-state index contributed by atoms with van der Waals surface area (Å²) < 4.78 is 5.27. The van der Waals surface area contributed by atoms with Gasteiger partial charge in [-0.05, 0) is 25.0 Å². The zero-order chi connectivity index (χ0) is 15.0. The summed E-state index contributed by atoms with van der Waals surface area (Å²) in [7, 11) is 0. The van der Waals surface area contributed by atoms with Gasteiger partial charge in [-0.2, -0.15) is 0 Å². The van der Waals surface area contributed by atoms with Gasteiger partial charge in [0.15, 0.2) is 6.10 Å². The second-order valence-electron chi connectivity index (χ2n) is 5.02. The lowest BCUT2D eigenvalue weighted by Crippen LogP contribution is -2.46. The van der Waals surface area contributed by atoms with Crippen LogP contribution in [0.15, 0.2) is 24.3 Å². The van der Waals surface area contributed by atoms with Gasteiger partial charge in [0, 0.05) is 0 Å². The van der Waals surface area contributed by atoms with Gasteiger partial charge in [0.1, 0.15) is 12.6 Å². The maximum atomic E-state index is 12.5. The fourth-order valence-corrected chi connectivity index (χ4v) is 2.60. The van der Waals surface area contributed by atoms with Gasteiger partial charge in [-0.15, -0.1) is 0 Å². The zero-order valence-corrected chi connectivity index (χ0v) is 11.1. The fraction of sp³-hybridized carbons (Fsp3) is 0.357. The molecule has 1 aromatic rings. The third-order valence-electron chi connectivity index (χ3n) is 3.61. The predicted molar refractivity (Wildman–Crippen MR) is 73.0 cm³/mol. The van der Waals surface area contributed by atoms with E-state index in [1.165, 1.54) is 4.90 Å². The number of aliphatic carboxylic acids is 1. The lowest BCUT2D eigenvalue weighted by Gasteiger charge is -2.30. The molecule has 110 valence electrons. The first-order chi connectivity index (χ1) is 10.1. The highest BCUT2D eigenvalue weighted by atomic mass is 16.5. The number of hydrogen-bond acceptors (Lipinski definition) is 4. The molecule has 3 rings (SSSR count). The van der Waals surface area contributed by atoms with E-state index < -0.39 is 18.2 Å². The molecule has 2 N–H and O–H groups in total. The van der Waals surface area contributed by atoms with E-state index in [1.807, 2.05) is 0 Å². The van der Waals surface area contributed by atoms with Gasteiger partial charge < -0.3 is 15.2 Å². The number of carboxylic acids is 1. The monoisotopic (exact) mass is 290 g/mol. The molecule has 7 nitrogen and oxygen atoms in total.